The minimum atomic E-state index is -4.41. The molecule has 0 bridgehead atoms. The number of carbonyl (C=O) groups is 1. The van der Waals surface area contributed by atoms with Crippen LogP contribution in [0.1, 0.15) is 19.8 Å². The lowest BCUT2D eigenvalue weighted by molar-refractivity contribution is -0.281. The van der Waals surface area contributed by atoms with E-state index >= 15 is 0 Å². The molecule has 0 saturated carbocycles. The van der Waals surface area contributed by atoms with Gasteiger partial charge in [-0.15, -0.1) is 0 Å². The summed E-state index contributed by atoms with van der Waals surface area (Å²) >= 11 is 0. The predicted octanol–water partition coefficient (Wildman–Crippen LogP) is 0.904. The van der Waals surface area contributed by atoms with E-state index in [0.717, 1.165) is 7.11 Å². The summed E-state index contributed by atoms with van der Waals surface area (Å²) in [5.74, 6) is -0.322. The number of likely N-dealkylation sites (tertiary alicyclic amines) is 1. The molecule has 4 nitrogen and oxygen atoms in total. The number of amides is 1. The van der Waals surface area contributed by atoms with Gasteiger partial charge in [0.15, 0.2) is 5.60 Å². The summed E-state index contributed by atoms with van der Waals surface area (Å²) in [6, 6.07) is -0.684. The van der Waals surface area contributed by atoms with E-state index in [1.54, 1.807) is 0 Å². The molecule has 7 heteroatoms. The Kier molecular flexibility index (Phi) is 4.03. The maximum absolute atomic E-state index is 12.8. The third kappa shape index (κ3) is 2.71. The number of carbonyl (C=O) groups excluding carboxylic acids is 1. The Bertz CT molecular complexity index is 284. The largest absolute Gasteiger partial charge is 0.417 e. The van der Waals surface area contributed by atoms with Crippen LogP contribution in [0.4, 0.5) is 13.2 Å². The van der Waals surface area contributed by atoms with Crippen molar-refractivity contribution in [2.75, 3.05) is 20.2 Å². The number of methoxy groups -OCH3 is 1. The molecule has 1 rings (SSSR count). The second kappa shape index (κ2) is 4.81. The van der Waals surface area contributed by atoms with Gasteiger partial charge in [0.05, 0.1) is 6.04 Å². The first kappa shape index (κ1) is 14.2. The maximum atomic E-state index is 12.8. The lowest BCUT2D eigenvalue weighted by Gasteiger charge is -2.42. The summed E-state index contributed by atoms with van der Waals surface area (Å²) in [5.41, 5.74) is 3.28. The third-order valence-corrected chi connectivity index (χ3v) is 3.18. The van der Waals surface area contributed by atoms with Crippen LogP contribution in [0.2, 0.25) is 0 Å². The molecule has 0 radical (unpaired) electrons. The zero-order valence-electron chi connectivity index (χ0n) is 9.88. The molecule has 1 atom stereocenters. The smallest absolute Gasteiger partial charge is 0.369 e. The van der Waals surface area contributed by atoms with Gasteiger partial charge in [0.2, 0.25) is 5.91 Å². The molecule has 0 aromatic carbocycles. The molecule has 1 saturated heterocycles. The predicted molar refractivity (Wildman–Crippen MR) is 55.3 cm³/mol. The first-order valence-corrected chi connectivity index (χ1v) is 5.40. The van der Waals surface area contributed by atoms with Gasteiger partial charge < -0.3 is 15.4 Å². The maximum Gasteiger partial charge on any atom is 0.417 e. The molecule has 0 spiro atoms. The molecule has 1 amide bonds. The molecule has 2 N–H and O–H groups in total. The molecule has 0 aliphatic carbocycles. The third-order valence-electron chi connectivity index (χ3n) is 3.18. The van der Waals surface area contributed by atoms with E-state index < -0.39 is 17.8 Å². The highest BCUT2D eigenvalue weighted by Crippen LogP contribution is 2.41. The van der Waals surface area contributed by atoms with Gasteiger partial charge in [-0.3, -0.25) is 4.79 Å². The van der Waals surface area contributed by atoms with E-state index in [1.165, 1.54) is 11.8 Å². The van der Waals surface area contributed by atoms with Crippen molar-refractivity contribution in [3.05, 3.63) is 0 Å². The highest BCUT2D eigenvalue weighted by Gasteiger charge is 2.56. The van der Waals surface area contributed by atoms with Crippen molar-refractivity contribution in [2.45, 2.75) is 37.6 Å². The standard InChI is InChI=1S/C10H17F3N2O2/c1-7(14)8(16)15-5-3-9(17-2,4-6-15)10(11,12)13/h7H,3-6,14H2,1-2H3. The summed E-state index contributed by atoms with van der Waals surface area (Å²) in [6.07, 6.45) is -4.90. The number of piperidine rings is 1. The molecule has 17 heavy (non-hydrogen) atoms. The van der Waals surface area contributed by atoms with Gasteiger partial charge in [0.25, 0.3) is 0 Å². The highest BCUT2D eigenvalue weighted by molar-refractivity contribution is 5.81. The first-order chi connectivity index (χ1) is 7.73. The van der Waals surface area contributed by atoms with Crippen molar-refractivity contribution >= 4 is 5.91 Å². The Hall–Kier alpha value is -0.820. The lowest BCUT2D eigenvalue weighted by atomic mass is 9.90. The number of nitrogens with zero attached hydrogens (tertiary/aromatic N) is 1. The van der Waals surface area contributed by atoms with Crippen LogP contribution in [0.5, 0.6) is 0 Å². The van der Waals surface area contributed by atoms with Crippen LogP contribution >= 0.6 is 0 Å². The van der Waals surface area contributed by atoms with Gasteiger partial charge >= 0.3 is 6.18 Å². The van der Waals surface area contributed by atoms with Crippen LogP contribution in [-0.4, -0.2) is 48.8 Å². The summed E-state index contributed by atoms with van der Waals surface area (Å²) < 4.78 is 43.1. The number of ether oxygens (including phenoxy) is 1. The number of hydrogen-bond acceptors (Lipinski definition) is 3. The van der Waals surface area contributed by atoms with Crippen LogP contribution in [-0.2, 0) is 9.53 Å². The zero-order chi connectivity index (χ0) is 13.3. The van der Waals surface area contributed by atoms with Gasteiger partial charge in [-0.25, -0.2) is 0 Å². The Morgan fingerprint density at radius 2 is 1.88 bits per heavy atom. The molecule has 100 valence electrons. The minimum Gasteiger partial charge on any atom is -0.369 e. The number of alkyl halides is 3. The van der Waals surface area contributed by atoms with Gasteiger partial charge in [-0.05, 0) is 6.92 Å². The number of halogens is 3. The lowest BCUT2D eigenvalue weighted by Crippen LogP contribution is -2.57. The van der Waals surface area contributed by atoms with Crippen LogP contribution in [0.3, 0.4) is 0 Å². The minimum absolute atomic E-state index is 0.0216. The average molecular weight is 254 g/mol. The fourth-order valence-electron chi connectivity index (χ4n) is 1.98. The second-order valence-electron chi connectivity index (χ2n) is 4.31. The molecule has 0 aromatic heterocycles. The SMILES string of the molecule is COC1(C(F)(F)F)CCN(C(=O)C(C)N)CC1. The van der Waals surface area contributed by atoms with E-state index in [2.05, 4.69) is 4.74 Å². The number of rotatable bonds is 2. The Labute approximate surface area is 97.9 Å². The summed E-state index contributed by atoms with van der Waals surface area (Å²) in [5, 5.41) is 0. The van der Waals surface area contributed by atoms with Crippen LogP contribution in [0.15, 0.2) is 0 Å². The molecule has 1 aliphatic heterocycles. The Morgan fingerprint density at radius 3 is 2.18 bits per heavy atom. The van der Waals surface area contributed by atoms with Crippen LogP contribution in [0.25, 0.3) is 0 Å². The fraction of sp³-hybridized carbons (Fsp3) is 0.900. The van der Waals surface area contributed by atoms with Crippen molar-refractivity contribution in [2.24, 2.45) is 5.73 Å². The molecule has 0 aromatic rings. The van der Waals surface area contributed by atoms with Crippen molar-refractivity contribution in [3.63, 3.8) is 0 Å². The molecule has 1 heterocycles. The Balaban J connectivity index is 2.69. The van der Waals surface area contributed by atoms with Crippen molar-refractivity contribution in [3.8, 4) is 0 Å². The van der Waals surface area contributed by atoms with Crippen LogP contribution < -0.4 is 5.73 Å². The van der Waals surface area contributed by atoms with E-state index in [4.69, 9.17) is 5.73 Å². The molecule has 1 unspecified atom stereocenters. The Morgan fingerprint density at radius 1 is 1.41 bits per heavy atom. The fourth-order valence-corrected chi connectivity index (χ4v) is 1.98. The first-order valence-electron chi connectivity index (χ1n) is 5.40. The zero-order valence-corrected chi connectivity index (χ0v) is 9.88. The van der Waals surface area contributed by atoms with Crippen molar-refractivity contribution in [1.29, 1.82) is 0 Å². The quantitative estimate of drug-likeness (QED) is 0.796. The molecule has 1 fully saturated rings. The van der Waals surface area contributed by atoms with Gasteiger partial charge in [0.1, 0.15) is 0 Å². The second-order valence-corrected chi connectivity index (χ2v) is 4.31. The monoisotopic (exact) mass is 254 g/mol. The summed E-state index contributed by atoms with van der Waals surface area (Å²) in [4.78, 5) is 12.9. The van der Waals surface area contributed by atoms with Gasteiger partial charge in [-0.2, -0.15) is 13.2 Å². The average Bonchev–Trinajstić information content (AvgIpc) is 2.26. The molecular weight excluding hydrogens is 237 g/mol. The van der Waals surface area contributed by atoms with Crippen molar-refractivity contribution < 1.29 is 22.7 Å². The molecule has 1 aliphatic rings. The van der Waals surface area contributed by atoms with E-state index in [1.807, 2.05) is 0 Å². The summed E-state index contributed by atoms with van der Waals surface area (Å²) in [6.45, 7) is 1.56. The molecular formula is C10H17F3N2O2. The summed E-state index contributed by atoms with van der Waals surface area (Å²) in [7, 11) is 1.05. The normalized spacial score (nSPS) is 22.4. The van der Waals surface area contributed by atoms with Gasteiger partial charge in [0, 0.05) is 33.0 Å². The number of hydrogen-bond donors (Lipinski definition) is 1. The highest BCUT2D eigenvalue weighted by atomic mass is 19.4. The van der Waals surface area contributed by atoms with Crippen molar-refractivity contribution in [1.82, 2.24) is 4.90 Å². The van der Waals surface area contributed by atoms with E-state index in [-0.39, 0.29) is 31.8 Å². The van der Waals surface area contributed by atoms with Crippen LogP contribution in [0, 0.1) is 0 Å². The topological polar surface area (TPSA) is 55.6 Å². The number of nitrogens with two attached hydrogens (primary N) is 1. The van der Waals surface area contributed by atoms with Gasteiger partial charge in [-0.1, -0.05) is 0 Å². The van der Waals surface area contributed by atoms with E-state index in [9.17, 15) is 18.0 Å². The van der Waals surface area contributed by atoms with E-state index in [0.29, 0.717) is 0 Å².